The number of carbonyl (C=O) groups excluding carboxylic acids is 2. The first-order valence-corrected chi connectivity index (χ1v) is 8.12. The van der Waals surface area contributed by atoms with E-state index >= 15 is 0 Å². The summed E-state index contributed by atoms with van der Waals surface area (Å²) in [6, 6.07) is -1.67. The van der Waals surface area contributed by atoms with Crippen LogP contribution in [-0.4, -0.2) is 58.8 Å². The monoisotopic (exact) mass is 325 g/mol. The van der Waals surface area contributed by atoms with Gasteiger partial charge in [0.1, 0.15) is 6.04 Å². The number of likely N-dealkylation sites (tertiary alicyclic amines) is 1. The van der Waals surface area contributed by atoms with Gasteiger partial charge in [-0.15, -0.1) is 0 Å². The van der Waals surface area contributed by atoms with Crippen LogP contribution in [0.25, 0.3) is 0 Å². The molecule has 1 saturated carbocycles. The molecule has 0 aromatic carbocycles. The van der Waals surface area contributed by atoms with E-state index in [1.165, 1.54) is 4.90 Å². The molecule has 0 radical (unpaired) electrons. The normalized spacial score (nSPS) is 28.9. The van der Waals surface area contributed by atoms with Crippen LogP contribution in [0.5, 0.6) is 0 Å². The SMILES string of the molecule is O=C(NC1CCCC1)N1CC[C@@H]2[C@H]1C(=O)N2S(=O)(=O)[O-].[Na+]. The van der Waals surface area contributed by atoms with Crippen molar-refractivity contribution in [1.82, 2.24) is 14.5 Å². The molecule has 2 heterocycles. The van der Waals surface area contributed by atoms with Crippen molar-refractivity contribution in [2.75, 3.05) is 6.54 Å². The molecule has 2 atom stereocenters. The number of carbonyl (C=O) groups is 2. The van der Waals surface area contributed by atoms with Gasteiger partial charge in [-0.05, 0) is 19.3 Å². The second kappa shape index (κ2) is 6.04. The Morgan fingerprint density at radius 2 is 1.86 bits per heavy atom. The molecular weight excluding hydrogens is 309 g/mol. The number of urea groups is 1. The predicted molar refractivity (Wildman–Crippen MR) is 66.2 cm³/mol. The van der Waals surface area contributed by atoms with Crippen LogP contribution in [0.4, 0.5) is 4.79 Å². The molecule has 112 valence electrons. The standard InChI is InChI=1S/C11H17N3O5S.Na/c15-10-9-8(14(10)20(17,18)19)5-6-13(9)11(16)12-7-3-1-2-4-7;/h7-9H,1-6H2,(H,12,16)(H,17,18,19);/q;+1/p-1/t8-,9+;/m1./s1. The van der Waals surface area contributed by atoms with Crippen molar-refractivity contribution in [3.8, 4) is 0 Å². The van der Waals surface area contributed by atoms with Crippen LogP contribution < -0.4 is 34.9 Å². The Morgan fingerprint density at radius 3 is 2.43 bits per heavy atom. The minimum absolute atomic E-state index is 0. The van der Waals surface area contributed by atoms with Crippen LogP contribution in [0.15, 0.2) is 0 Å². The van der Waals surface area contributed by atoms with Gasteiger partial charge in [0.05, 0.1) is 6.04 Å². The Hall–Kier alpha value is -0.350. The summed E-state index contributed by atoms with van der Waals surface area (Å²) in [7, 11) is -4.77. The molecule has 2 aliphatic heterocycles. The van der Waals surface area contributed by atoms with E-state index in [9.17, 15) is 22.6 Å². The quantitative estimate of drug-likeness (QED) is 0.320. The van der Waals surface area contributed by atoms with E-state index in [2.05, 4.69) is 5.32 Å². The summed E-state index contributed by atoms with van der Waals surface area (Å²) in [5.74, 6) is -0.788. The molecule has 0 unspecified atom stereocenters. The van der Waals surface area contributed by atoms with Crippen LogP contribution in [-0.2, 0) is 15.1 Å². The van der Waals surface area contributed by atoms with Crippen molar-refractivity contribution < 1.29 is 52.1 Å². The molecule has 3 fully saturated rings. The van der Waals surface area contributed by atoms with Gasteiger partial charge in [-0.3, -0.25) is 4.79 Å². The van der Waals surface area contributed by atoms with Gasteiger partial charge in [0.25, 0.3) is 5.91 Å². The molecule has 0 aromatic heterocycles. The summed E-state index contributed by atoms with van der Waals surface area (Å²) in [6.07, 6.45) is 4.36. The van der Waals surface area contributed by atoms with E-state index in [1.807, 2.05) is 0 Å². The molecule has 8 nitrogen and oxygen atoms in total. The summed E-state index contributed by atoms with van der Waals surface area (Å²) in [5.41, 5.74) is 0. The van der Waals surface area contributed by atoms with Crippen LogP contribution in [0, 0.1) is 0 Å². The molecule has 2 saturated heterocycles. The maximum absolute atomic E-state index is 12.1. The Labute approximate surface area is 145 Å². The number of amides is 3. The number of rotatable bonds is 2. The topological polar surface area (TPSA) is 110 Å². The minimum Gasteiger partial charge on any atom is -0.731 e. The van der Waals surface area contributed by atoms with Gasteiger partial charge in [-0.1, -0.05) is 12.8 Å². The van der Waals surface area contributed by atoms with Crippen molar-refractivity contribution in [1.29, 1.82) is 0 Å². The maximum atomic E-state index is 12.1. The first-order chi connectivity index (χ1) is 9.39. The van der Waals surface area contributed by atoms with Crippen LogP contribution >= 0.6 is 0 Å². The summed E-state index contributed by atoms with van der Waals surface area (Å²) in [6.45, 7) is 0.297. The average Bonchev–Trinajstić information content (AvgIpc) is 2.93. The number of fused-ring (bicyclic) bond motifs is 1. The largest absolute Gasteiger partial charge is 1.00 e. The minimum atomic E-state index is -4.77. The molecule has 3 aliphatic rings. The first kappa shape index (κ1) is 17.0. The second-order valence-electron chi connectivity index (χ2n) is 5.52. The molecule has 3 amide bonds. The molecule has 21 heavy (non-hydrogen) atoms. The summed E-state index contributed by atoms with van der Waals surface area (Å²) in [5, 5.41) is 2.87. The van der Waals surface area contributed by atoms with Gasteiger partial charge in [0, 0.05) is 12.6 Å². The summed E-state index contributed by atoms with van der Waals surface area (Å²) in [4.78, 5) is 25.2. The molecular formula is C11H16N3NaO5S. The zero-order valence-electron chi connectivity index (χ0n) is 11.8. The van der Waals surface area contributed by atoms with E-state index < -0.39 is 28.3 Å². The third-order valence-electron chi connectivity index (χ3n) is 4.32. The Balaban J connectivity index is 0.00000161. The van der Waals surface area contributed by atoms with Gasteiger partial charge in [-0.25, -0.2) is 17.5 Å². The number of β-lactam (4-membered cyclic amide) rings is 1. The molecule has 1 N–H and O–H groups in total. The van der Waals surface area contributed by atoms with Gasteiger partial charge >= 0.3 is 35.6 Å². The molecule has 0 bridgehead atoms. The van der Waals surface area contributed by atoms with Crippen molar-refractivity contribution in [3.63, 3.8) is 0 Å². The number of hydrogen-bond donors (Lipinski definition) is 1. The molecule has 10 heteroatoms. The van der Waals surface area contributed by atoms with E-state index in [-0.39, 0.29) is 41.6 Å². The van der Waals surface area contributed by atoms with E-state index in [4.69, 9.17) is 0 Å². The maximum Gasteiger partial charge on any atom is 1.00 e. The van der Waals surface area contributed by atoms with Gasteiger partial charge < -0.3 is 14.8 Å². The molecule has 3 rings (SSSR count). The Bertz CT molecular complexity index is 548. The number of nitrogens with one attached hydrogen (secondary N) is 1. The third-order valence-corrected chi connectivity index (χ3v) is 5.25. The first-order valence-electron chi connectivity index (χ1n) is 6.76. The fourth-order valence-corrected chi connectivity index (χ4v) is 4.24. The molecule has 1 aliphatic carbocycles. The van der Waals surface area contributed by atoms with Gasteiger partial charge in [-0.2, -0.15) is 0 Å². The Kier molecular flexibility index (Phi) is 4.89. The van der Waals surface area contributed by atoms with Gasteiger partial charge in [0.2, 0.25) is 0 Å². The van der Waals surface area contributed by atoms with Crippen LogP contribution in [0.2, 0.25) is 0 Å². The van der Waals surface area contributed by atoms with E-state index in [0.717, 1.165) is 25.7 Å². The Morgan fingerprint density at radius 1 is 1.24 bits per heavy atom. The van der Waals surface area contributed by atoms with Gasteiger partial charge in [0.15, 0.2) is 10.3 Å². The fraction of sp³-hybridized carbons (Fsp3) is 0.818. The summed E-state index contributed by atoms with van der Waals surface area (Å²) >= 11 is 0. The molecule has 0 aromatic rings. The van der Waals surface area contributed by atoms with Crippen molar-refractivity contribution in [2.45, 2.75) is 50.2 Å². The summed E-state index contributed by atoms with van der Waals surface area (Å²) < 4.78 is 33.2. The zero-order valence-corrected chi connectivity index (χ0v) is 14.6. The number of hydrogen-bond acceptors (Lipinski definition) is 5. The second-order valence-corrected chi connectivity index (χ2v) is 6.77. The smallest absolute Gasteiger partial charge is 0.731 e. The fourth-order valence-electron chi connectivity index (χ4n) is 3.36. The van der Waals surface area contributed by atoms with Crippen LogP contribution in [0.1, 0.15) is 32.1 Å². The van der Waals surface area contributed by atoms with Crippen molar-refractivity contribution >= 4 is 22.2 Å². The predicted octanol–water partition coefficient (Wildman–Crippen LogP) is -3.61. The van der Waals surface area contributed by atoms with Crippen molar-refractivity contribution in [2.24, 2.45) is 0 Å². The van der Waals surface area contributed by atoms with Crippen LogP contribution in [0.3, 0.4) is 0 Å². The number of nitrogens with zero attached hydrogens (tertiary/aromatic N) is 2. The van der Waals surface area contributed by atoms with E-state index in [1.54, 1.807) is 0 Å². The zero-order chi connectivity index (χ0) is 14.5. The average molecular weight is 325 g/mol. The van der Waals surface area contributed by atoms with E-state index in [0.29, 0.717) is 17.3 Å². The van der Waals surface area contributed by atoms with Crippen molar-refractivity contribution in [3.05, 3.63) is 0 Å². The molecule has 0 spiro atoms. The third kappa shape index (κ3) is 2.94.